The highest BCUT2D eigenvalue weighted by Crippen LogP contribution is 2.31. The molecule has 0 bridgehead atoms. The van der Waals surface area contributed by atoms with Crippen molar-refractivity contribution in [3.8, 4) is 16.9 Å². The summed E-state index contributed by atoms with van der Waals surface area (Å²) in [4.78, 5) is 24.2. The number of hydrogen-bond donors (Lipinski definition) is 2. The Balaban J connectivity index is 1.61. The second-order valence-electron chi connectivity index (χ2n) is 6.84. The first-order chi connectivity index (χ1) is 15.0. The molecule has 0 aliphatic carbocycles. The zero-order valence-corrected chi connectivity index (χ0v) is 19.3. The highest BCUT2D eigenvalue weighted by Gasteiger charge is 2.11. The molecule has 0 saturated heterocycles. The Morgan fingerprint density at radius 2 is 1.71 bits per heavy atom. The fourth-order valence-electron chi connectivity index (χ4n) is 2.91. The summed E-state index contributed by atoms with van der Waals surface area (Å²) >= 11 is 9.68. The van der Waals surface area contributed by atoms with E-state index in [0.717, 1.165) is 22.0 Å². The van der Waals surface area contributed by atoms with Crippen molar-refractivity contribution < 1.29 is 14.3 Å². The largest absolute Gasteiger partial charge is 0.483 e. The lowest BCUT2D eigenvalue weighted by Gasteiger charge is -2.12. The molecule has 0 heterocycles. The van der Waals surface area contributed by atoms with Crippen molar-refractivity contribution in [3.05, 3.63) is 76.2 Å². The van der Waals surface area contributed by atoms with Crippen LogP contribution in [0, 0.1) is 0 Å². The van der Waals surface area contributed by atoms with Gasteiger partial charge in [0, 0.05) is 12.1 Å². The summed E-state index contributed by atoms with van der Waals surface area (Å²) < 4.78 is 6.41. The second-order valence-corrected chi connectivity index (χ2v) is 8.10. The topological polar surface area (TPSA) is 67.4 Å². The zero-order valence-electron chi connectivity index (χ0n) is 17.0. The summed E-state index contributed by atoms with van der Waals surface area (Å²) in [5.41, 5.74) is 3.10. The SMILES string of the molecule is CCCC(=O)Nc1ccc(Cl)c(NC(=O)COc2ccc(-c3ccccc3)cc2Br)c1. The average molecular weight is 502 g/mol. The van der Waals surface area contributed by atoms with Crippen LogP contribution in [0.3, 0.4) is 0 Å². The van der Waals surface area contributed by atoms with Gasteiger partial charge in [0.15, 0.2) is 6.61 Å². The summed E-state index contributed by atoms with van der Waals surface area (Å²) in [5.74, 6) is 0.105. The van der Waals surface area contributed by atoms with Gasteiger partial charge >= 0.3 is 0 Å². The van der Waals surface area contributed by atoms with Gasteiger partial charge in [-0.3, -0.25) is 9.59 Å². The highest BCUT2D eigenvalue weighted by molar-refractivity contribution is 9.10. The third-order valence-corrected chi connectivity index (χ3v) is 5.35. The van der Waals surface area contributed by atoms with Crippen molar-refractivity contribution in [1.82, 2.24) is 0 Å². The molecule has 0 aliphatic heterocycles. The first-order valence-corrected chi connectivity index (χ1v) is 11.0. The number of hydrogen-bond acceptors (Lipinski definition) is 3. The molecule has 3 aromatic rings. The molecule has 0 aliphatic rings. The molecule has 0 radical (unpaired) electrons. The predicted molar refractivity (Wildman–Crippen MR) is 129 cm³/mol. The van der Waals surface area contributed by atoms with E-state index in [1.807, 2.05) is 55.5 Å². The van der Waals surface area contributed by atoms with E-state index in [0.29, 0.717) is 28.6 Å². The number of amides is 2. The minimum absolute atomic E-state index is 0.0887. The highest BCUT2D eigenvalue weighted by atomic mass is 79.9. The summed E-state index contributed by atoms with van der Waals surface area (Å²) in [6.45, 7) is 1.74. The molecule has 3 aromatic carbocycles. The van der Waals surface area contributed by atoms with Crippen LogP contribution >= 0.6 is 27.5 Å². The number of nitrogens with one attached hydrogen (secondary N) is 2. The number of halogens is 2. The molecular weight excluding hydrogens is 480 g/mol. The van der Waals surface area contributed by atoms with Gasteiger partial charge in [-0.1, -0.05) is 54.9 Å². The Kier molecular flexibility index (Phi) is 8.09. The maximum absolute atomic E-state index is 12.4. The van der Waals surface area contributed by atoms with Gasteiger partial charge in [0.2, 0.25) is 5.91 Å². The third kappa shape index (κ3) is 6.57. The van der Waals surface area contributed by atoms with Crippen LogP contribution in [0.4, 0.5) is 11.4 Å². The van der Waals surface area contributed by atoms with E-state index in [2.05, 4.69) is 26.6 Å². The van der Waals surface area contributed by atoms with Gasteiger partial charge in [-0.15, -0.1) is 0 Å². The van der Waals surface area contributed by atoms with Crippen LogP contribution < -0.4 is 15.4 Å². The van der Waals surface area contributed by atoms with Gasteiger partial charge < -0.3 is 15.4 Å². The number of ether oxygens (including phenoxy) is 1. The lowest BCUT2D eigenvalue weighted by atomic mass is 10.1. The van der Waals surface area contributed by atoms with Crippen LogP contribution in [0.25, 0.3) is 11.1 Å². The van der Waals surface area contributed by atoms with Crippen molar-refractivity contribution >= 4 is 50.7 Å². The molecule has 0 atom stereocenters. The van der Waals surface area contributed by atoms with E-state index in [-0.39, 0.29) is 18.4 Å². The Hall–Kier alpha value is -2.83. The van der Waals surface area contributed by atoms with Gasteiger partial charge in [-0.2, -0.15) is 0 Å². The summed E-state index contributed by atoms with van der Waals surface area (Å²) in [6, 6.07) is 20.6. The van der Waals surface area contributed by atoms with Crippen LogP contribution in [0.15, 0.2) is 71.2 Å². The van der Waals surface area contributed by atoms with Gasteiger partial charge in [-0.25, -0.2) is 0 Å². The molecule has 5 nitrogen and oxygen atoms in total. The molecule has 7 heteroatoms. The number of carbonyl (C=O) groups excluding carboxylic acids is 2. The molecule has 3 rings (SSSR count). The van der Waals surface area contributed by atoms with Gasteiger partial charge in [-0.05, 0) is 63.8 Å². The zero-order chi connectivity index (χ0) is 22.2. The normalized spacial score (nSPS) is 10.4. The molecule has 160 valence electrons. The van der Waals surface area contributed by atoms with E-state index >= 15 is 0 Å². The fraction of sp³-hybridized carbons (Fsp3) is 0.167. The van der Waals surface area contributed by atoms with Crippen molar-refractivity contribution in [1.29, 1.82) is 0 Å². The maximum atomic E-state index is 12.4. The molecule has 2 amide bonds. The fourth-order valence-corrected chi connectivity index (χ4v) is 3.57. The van der Waals surface area contributed by atoms with Gasteiger partial charge in [0.05, 0.1) is 15.2 Å². The average Bonchev–Trinajstić information content (AvgIpc) is 2.76. The van der Waals surface area contributed by atoms with Crippen LogP contribution in [0.2, 0.25) is 5.02 Å². The van der Waals surface area contributed by atoms with Crippen LogP contribution in [0.5, 0.6) is 5.75 Å². The molecule has 0 saturated carbocycles. The second kappa shape index (κ2) is 11.0. The Morgan fingerprint density at radius 1 is 0.935 bits per heavy atom. The summed E-state index contributed by atoms with van der Waals surface area (Å²) in [5, 5.41) is 5.87. The van der Waals surface area contributed by atoms with Crippen molar-refractivity contribution in [2.24, 2.45) is 0 Å². The molecule has 0 aromatic heterocycles. The molecule has 31 heavy (non-hydrogen) atoms. The monoisotopic (exact) mass is 500 g/mol. The van der Waals surface area contributed by atoms with Crippen LogP contribution in [-0.4, -0.2) is 18.4 Å². The van der Waals surface area contributed by atoms with E-state index in [9.17, 15) is 9.59 Å². The van der Waals surface area contributed by atoms with E-state index in [1.54, 1.807) is 18.2 Å². The smallest absolute Gasteiger partial charge is 0.262 e. The standard InChI is InChI=1S/C24H22BrClN2O3/c1-2-6-23(29)27-18-10-11-20(26)21(14-18)28-24(30)15-31-22-12-9-17(13-19(22)25)16-7-4-3-5-8-16/h3-5,7-14H,2,6,15H2,1H3,(H,27,29)(H,28,30). The molecule has 0 unspecified atom stereocenters. The summed E-state index contributed by atoms with van der Waals surface area (Å²) in [6.07, 6.45) is 1.18. The first kappa shape index (κ1) is 22.8. The van der Waals surface area contributed by atoms with E-state index in [1.165, 1.54) is 0 Å². The number of rotatable bonds is 8. The van der Waals surface area contributed by atoms with Crippen molar-refractivity contribution in [3.63, 3.8) is 0 Å². The van der Waals surface area contributed by atoms with E-state index in [4.69, 9.17) is 16.3 Å². The van der Waals surface area contributed by atoms with Crippen molar-refractivity contribution in [2.45, 2.75) is 19.8 Å². The molecule has 0 spiro atoms. The molecule has 2 N–H and O–H groups in total. The first-order valence-electron chi connectivity index (χ1n) is 9.83. The number of anilines is 2. The van der Waals surface area contributed by atoms with Gasteiger partial charge in [0.25, 0.3) is 5.91 Å². The summed E-state index contributed by atoms with van der Waals surface area (Å²) in [7, 11) is 0. The number of carbonyl (C=O) groups is 2. The van der Waals surface area contributed by atoms with Crippen LogP contribution in [0.1, 0.15) is 19.8 Å². The van der Waals surface area contributed by atoms with Crippen LogP contribution in [-0.2, 0) is 9.59 Å². The molecular formula is C24H22BrClN2O3. The third-order valence-electron chi connectivity index (χ3n) is 4.40. The van der Waals surface area contributed by atoms with E-state index < -0.39 is 0 Å². The van der Waals surface area contributed by atoms with Gasteiger partial charge in [0.1, 0.15) is 5.75 Å². The Bertz CT molecular complexity index is 1070. The minimum atomic E-state index is -0.363. The number of benzene rings is 3. The molecule has 0 fully saturated rings. The Labute approximate surface area is 194 Å². The predicted octanol–water partition coefficient (Wildman–Crippen LogP) is 6.53. The lowest BCUT2D eigenvalue weighted by molar-refractivity contribution is -0.118. The van der Waals surface area contributed by atoms with Crippen molar-refractivity contribution in [2.75, 3.05) is 17.2 Å². The minimum Gasteiger partial charge on any atom is -0.483 e. The quantitative estimate of drug-likeness (QED) is 0.369. The maximum Gasteiger partial charge on any atom is 0.262 e. The lowest BCUT2D eigenvalue weighted by Crippen LogP contribution is -2.20. The Morgan fingerprint density at radius 3 is 2.42 bits per heavy atom.